The fourth-order valence-electron chi connectivity index (χ4n) is 6.82. The Labute approximate surface area is 266 Å². The van der Waals surface area contributed by atoms with Crippen molar-refractivity contribution in [3.63, 3.8) is 0 Å². The van der Waals surface area contributed by atoms with Crippen LogP contribution >= 0.6 is 22.7 Å². The Morgan fingerprint density at radius 2 is 1.20 bits per heavy atom. The van der Waals surface area contributed by atoms with Gasteiger partial charge in [0.15, 0.2) is 0 Å². The highest BCUT2D eigenvalue weighted by atomic mass is 32.2. The van der Waals surface area contributed by atoms with Crippen molar-refractivity contribution in [1.29, 1.82) is 0 Å². The van der Waals surface area contributed by atoms with Gasteiger partial charge in [0.25, 0.3) is 0 Å². The van der Waals surface area contributed by atoms with Gasteiger partial charge in [-0.3, -0.25) is 4.57 Å². The Bertz CT molecular complexity index is 2750. The summed E-state index contributed by atoms with van der Waals surface area (Å²) in [5.41, 5.74) is 7.55. The van der Waals surface area contributed by atoms with Crippen molar-refractivity contribution in [3.8, 4) is 28.3 Å². The van der Waals surface area contributed by atoms with Gasteiger partial charge in [-0.1, -0.05) is 115 Å². The van der Waals surface area contributed by atoms with E-state index in [1.54, 1.807) is 0 Å². The van der Waals surface area contributed by atoms with E-state index >= 15 is 0 Å². The van der Waals surface area contributed by atoms with E-state index in [1.165, 1.54) is 51.4 Å². The van der Waals surface area contributed by atoms with Crippen molar-refractivity contribution in [1.82, 2.24) is 14.5 Å². The first-order valence-corrected chi connectivity index (χ1v) is 16.6. The predicted octanol–water partition coefficient (Wildman–Crippen LogP) is 11.6. The zero-order valence-corrected chi connectivity index (χ0v) is 25.6. The van der Waals surface area contributed by atoms with E-state index in [0.29, 0.717) is 5.95 Å². The SMILES string of the molecule is c1ccc(-c2ccc3nc(-n4c5ccccc5c5ccc6c(sc7sc8ccccc8c76)c54)nc(-c4ccccc4)c3c2)cc1. The van der Waals surface area contributed by atoms with E-state index < -0.39 is 0 Å². The van der Waals surface area contributed by atoms with Gasteiger partial charge in [-0.05, 0) is 35.4 Å². The van der Waals surface area contributed by atoms with Crippen LogP contribution < -0.4 is 0 Å². The molecule has 0 N–H and O–H groups in total. The molecule has 0 amide bonds. The van der Waals surface area contributed by atoms with E-state index in [9.17, 15) is 0 Å². The third kappa shape index (κ3) is 3.69. The van der Waals surface area contributed by atoms with E-state index in [2.05, 4.69) is 144 Å². The quantitative estimate of drug-likeness (QED) is 0.199. The molecule has 0 aliphatic heterocycles. The maximum Gasteiger partial charge on any atom is 0.235 e. The molecule has 0 spiro atoms. The average molecular weight is 610 g/mol. The molecule has 0 aliphatic rings. The van der Waals surface area contributed by atoms with Crippen molar-refractivity contribution in [2.45, 2.75) is 0 Å². The second-order valence-corrected chi connectivity index (χ2v) is 13.7. The van der Waals surface area contributed by atoms with Gasteiger partial charge >= 0.3 is 0 Å². The highest BCUT2D eigenvalue weighted by molar-refractivity contribution is 7.45. The number of hydrogen-bond acceptors (Lipinski definition) is 4. The zero-order valence-electron chi connectivity index (χ0n) is 23.9. The van der Waals surface area contributed by atoms with Gasteiger partial charge in [0.1, 0.15) is 0 Å². The molecule has 0 bridgehead atoms. The molecule has 5 heteroatoms. The summed E-state index contributed by atoms with van der Waals surface area (Å²) in [7, 11) is 0. The molecule has 45 heavy (non-hydrogen) atoms. The van der Waals surface area contributed by atoms with Crippen molar-refractivity contribution in [2.75, 3.05) is 0 Å². The van der Waals surface area contributed by atoms with Gasteiger partial charge < -0.3 is 0 Å². The molecule has 3 nitrogen and oxygen atoms in total. The summed E-state index contributed by atoms with van der Waals surface area (Å²) >= 11 is 3.77. The number of aromatic nitrogens is 3. The number of para-hydroxylation sites is 1. The highest BCUT2D eigenvalue weighted by Crippen LogP contribution is 2.48. The van der Waals surface area contributed by atoms with E-state index in [4.69, 9.17) is 9.97 Å². The molecule has 10 aromatic rings. The van der Waals surface area contributed by atoms with Crippen molar-refractivity contribution >= 4 is 85.0 Å². The van der Waals surface area contributed by atoms with Crippen LogP contribution in [0.25, 0.3) is 90.6 Å². The molecule has 0 aliphatic carbocycles. The number of rotatable bonds is 3. The highest BCUT2D eigenvalue weighted by Gasteiger charge is 2.22. The first-order chi connectivity index (χ1) is 22.3. The molecule has 0 fully saturated rings. The predicted molar refractivity (Wildman–Crippen MR) is 193 cm³/mol. The van der Waals surface area contributed by atoms with Crippen molar-refractivity contribution < 1.29 is 0 Å². The molecule has 4 heterocycles. The van der Waals surface area contributed by atoms with Crippen LogP contribution in [0, 0.1) is 0 Å². The minimum atomic E-state index is 0.689. The monoisotopic (exact) mass is 609 g/mol. The Hall–Kier alpha value is -5.36. The molecule has 0 saturated carbocycles. The summed E-state index contributed by atoms with van der Waals surface area (Å²) in [5, 5.41) is 7.45. The average Bonchev–Trinajstić information content (AvgIpc) is 3.76. The molecule has 10 rings (SSSR count). The molecule has 6 aromatic carbocycles. The van der Waals surface area contributed by atoms with Gasteiger partial charge in [-0.25, -0.2) is 9.97 Å². The molecule has 0 atom stereocenters. The van der Waals surface area contributed by atoms with Crippen LogP contribution in [0.4, 0.5) is 0 Å². The Balaban J connectivity index is 1.32. The molecule has 4 aromatic heterocycles. The maximum absolute atomic E-state index is 5.41. The third-order valence-corrected chi connectivity index (χ3v) is 11.3. The second-order valence-electron chi connectivity index (χ2n) is 11.4. The molecular formula is C40H23N3S2. The Kier molecular flexibility index (Phi) is 5.32. The first-order valence-electron chi connectivity index (χ1n) is 15.0. The molecule has 0 radical (unpaired) electrons. The van der Waals surface area contributed by atoms with Crippen LogP contribution in [0.1, 0.15) is 0 Å². The van der Waals surface area contributed by atoms with Crippen LogP contribution in [-0.4, -0.2) is 14.5 Å². The third-order valence-electron chi connectivity index (χ3n) is 8.86. The standard InChI is InChI=1S/C40H23N3S2/c1-3-11-24(12-4-1)26-19-22-32-31(23-26)36(25-13-5-2-6-14-25)42-40(41-32)43-33-17-9-7-15-27(33)28-20-21-30-35-29-16-8-10-18-34(29)44-39(35)45-38(30)37(28)43/h1-23H. The van der Waals surface area contributed by atoms with Crippen LogP contribution in [0.3, 0.4) is 0 Å². The maximum atomic E-state index is 5.41. The number of nitrogens with zero attached hydrogens (tertiary/aromatic N) is 3. The number of hydrogen-bond donors (Lipinski definition) is 0. The number of fused-ring (bicyclic) bond motifs is 10. The lowest BCUT2D eigenvalue weighted by Gasteiger charge is -2.13. The van der Waals surface area contributed by atoms with Crippen LogP contribution in [0.2, 0.25) is 0 Å². The van der Waals surface area contributed by atoms with Crippen molar-refractivity contribution in [2.24, 2.45) is 0 Å². The van der Waals surface area contributed by atoms with Gasteiger partial charge in [-0.2, -0.15) is 0 Å². The van der Waals surface area contributed by atoms with E-state index in [-0.39, 0.29) is 0 Å². The smallest absolute Gasteiger partial charge is 0.235 e. The summed E-state index contributed by atoms with van der Waals surface area (Å²) in [6, 6.07) is 49.6. The number of benzene rings is 6. The number of thiophene rings is 2. The minimum Gasteiger partial charge on any atom is -0.276 e. The normalized spacial score (nSPS) is 12.0. The van der Waals surface area contributed by atoms with Gasteiger partial charge in [0, 0.05) is 42.6 Å². The largest absolute Gasteiger partial charge is 0.276 e. The second kappa shape index (κ2) is 9.57. The van der Waals surface area contributed by atoms with Crippen LogP contribution in [-0.2, 0) is 0 Å². The molecule has 210 valence electrons. The molecule has 0 unspecified atom stereocenters. The molecular weight excluding hydrogens is 587 g/mol. The Morgan fingerprint density at radius 1 is 0.489 bits per heavy atom. The van der Waals surface area contributed by atoms with Gasteiger partial charge in [0.05, 0.1) is 31.0 Å². The fourth-order valence-corrected chi connectivity index (χ4v) is 9.54. The van der Waals surface area contributed by atoms with E-state index in [0.717, 1.165) is 33.2 Å². The lowest BCUT2D eigenvalue weighted by atomic mass is 10.0. The zero-order chi connectivity index (χ0) is 29.5. The van der Waals surface area contributed by atoms with E-state index in [1.807, 2.05) is 22.7 Å². The lowest BCUT2D eigenvalue weighted by Crippen LogP contribution is -2.03. The lowest BCUT2D eigenvalue weighted by molar-refractivity contribution is 1.02. The summed E-state index contributed by atoms with van der Waals surface area (Å²) in [6.45, 7) is 0. The minimum absolute atomic E-state index is 0.689. The topological polar surface area (TPSA) is 30.7 Å². The van der Waals surface area contributed by atoms with Gasteiger partial charge in [-0.15, -0.1) is 22.7 Å². The van der Waals surface area contributed by atoms with Gasteiger partial charge in [0.2, 0.25) is 5.95 Å². The summed E-state index contributed by atoms with van der Waals surface area (Å²) in [6.07, 6.45) is 0. The fraction of sp³-hybridized carbons (Fsp3) is 0. The van der Waals surface area contributed by atoms with Crippen molar-refractivity contribution in [3.05, 3.63) is 140 Å². The Morgan fingerprint density at radius 3 is 2.04 bits per heavy atom. The summed E-state index contributed by atoms with van der Waals surface area (Å²) in [5.74, 6) is 0.689. The van der Waals surface area contributed by atoms with Crippen LogP contribution in [0.15, 0.2) is 140 Å². The first kappa shape index (κ1) is 25.0. The molecule has 0 saturated heterocycles. The van der Waals surface area contributed by atoms with Crippen LogP contribution in [0.5, 0.6) is 0 Å². The summed E-state index contributed by atoms with van der Waals surface area (Å²) < 4.78 is 6.27. The summed E-state index contributed by atoms with van der Waals surface area (Å²) in [4.78, 5) is 10.7.